The molecule has 0 aromatic heterocycles. The van der Waals surface area contributed by atoms with Gasteiger partial charge in [0.15, 0.2) is 0 Å². The fourth-order valence-corrected chi connectivity index (χ4v) is 2.71. The molecule has 0 radical (unpaired) electrons. The van der Waals surface area contributed by atoms with E-state index in [1.807, 2.05) is 30.3 Å². The molecule has 2 amide bonds. The number of nitro groups is 1. The number of amides is 2. The van der Waals surface area contributed by atoms with Crippen LogP contribution >= 0.6 is 0 Å². The quantitative estimate of drug-likeness (QED) is 0.455. The summed E-state index contributed by atoms with van der Waals surface area (Å²) >= 11 is 0. The minimum Gasteiger partial charge on any atom is -0.457 e. The zero-order valence-electron chi connectivity index (χ0n) is 16.1. The van der Waals surface area contributed by atoms with Gasteiger partial charge < -0.3 is 15.4 Å². The van der Waals surface area contributed by atoms with Gasteiger partial charge in [0, 0.05) is 11.6 Å². The molecule has 0 unspecified atom stereocenters. The summed E-state index contributed by atoms with van der Waals surface area (Å²) in [4.78, 5) is 34.9. The summed E-state index contributed by atoms with van der Waals surface area (Å²) < 4.78 is 5.67. The van der Waals surface area contributed by atoms with Crippen molar-refractivity contribution in [1.29, 1.82) is 0 Å². The molecule has 3 aromatic carbocycles. The van der Waals surface area contributed by atoms with E-state index in [2.05, 4.69) is 10.6 Å². The number of nitro benzene ring substituents is 1. The van der Waals surface area contributed by atoms with E-state index in [0.717, 1.165) is 0 Å². The average Bonchev–Trinajstić information content (AvgIpc) is 2.74. The number of benzene rings is 3. The molecule has 3 rings (SSSR count). The van der Waals surface area contributed by atoms with Gasteiger partial charge in [-0.3, -0.25) is 19.7 Å². The van der Waals surface area contributed by atoms with E-state index in [4.69, 9.17) is 4.74 Å². The highest BCUT2D eigenvalue weighted by Crippen LogP contribution is 2.25. The molecule has 0 aliphatic heterocycles. The zero-order chi connectivity index (χ0) is 21.5. The first-order valence-electron chi connectivity index (χ1n) is 9.09. The third-order valence-corrected chi connectivity index (χ3v) is 4.28. The fourth-order valence-electron chi connectivity index (χ4n) is 2.71. The Morgan fingerprint density at radius 3 is 2.27 bits per heavy atom. The largest absolute Gasteiger partial charge is 0.457 e. The maximum atomic E-state index is 12.3. The van der Waals surface area contributed by atoms with Crippen molar-refractivity contribution >= 4 is 23.2 Å². The molecule has 0 aliphatic rings. The molecule has 8 nitrogen and oxygen atoms in total. The Hall–Kier alpha value is -4.20. The molecule has 0 fully saturated rings. The molecule has 3 aromatic rings. The smallest absolute Gasteiger partial charge is 0.274 e. The SMILES string of the molecule is Cc1c(NC(=O)CNC(=O)c2ccc(Oc3ccccc3)cc2)cccc1[N+](=O)[O-]. The second-order valence-corrected chi connectivity index (χ2v) is 6.38. The normalized spacial score (nSPS) is 10.2. The van der Waals surface area contributed by atoms with E-state index in [-0.39, 0.29) is 12.2 Å². The molecule has 0 aliphatic carbocycles. The standard InChI is InChI=1S/C22H19N3O5/c1-15-19(8-5-9-20(15)25(28)29)24-21(26)14-23-22(27)16-10-12-18(13-11-16)30-17-6-3-2-4-7-17/h2-13H,14H2,1H3,(H,23,27)(H,24,26). The van der Waals surface area contributed by atoms with Crippen LogP contribution in [0, 0.1) is 17.0 Å². The lowest BCUT2D eigenvalue weighted by Crippen LogP contribution is -2.33. The van der Waals surface area contributed by atoms with Crippen molar-refractivity contribution in [3.63, 3.8) is 0 Å². The molecular weight excluding hydrogens is 386 g/mol. The predicted octanol–water partition coefficient (Wildman–Crippen LogP) is 4.06. The molecule has 8 heteroatoms. The van der Waals surface area contributed by atoms with Crippen LogP contribution in [-0.4, -0.2) is 23.3 Å². The maximum Gasteiger partial charge on any atom is 0.274 e. The highest BCUT2D eigenvalue weighted by molar-refractivity contribution is 5.99. The monoisotopic (exact) mass is 405 g/mol. The number of rotatable bonds is 7. The van der Waals surface area contributed by atoms with Crippen molar-refractivity contribution in [2.75, 3.05) is 11.9 Å². The van der Waals surface area contributed by atoms with Crippen LogP contribution in [0.4, 0.5) is 11.4 Å². The van der Waals surface area contributed by atoms with Crippen molar-refractivity contribution in [3.8, 4) is 11.5 Å². The number of nitrogens with zero attached hydrogens (tertiary/aromatic N) is 1. The number of hydrogen-bond acceptors (Lipinski definition) is 5. The topological polar surface area (TPSA) is 111 Å². The Morgan fingerprint density at radius 1 is 0.933 bits per heavy atom. The third kappa shape index (κ3) is 5.20. The third-order valence-electron chi connectivity index (χ3n) is 4.28. The zero-order valence-corrected chi connectivity index (χ0v) is 16.1. The van der Waals surface area contributed by atoms with Gasteiger partial charge in [0.2, 0.25) is 5.91 Å². The van der Waals surface area contributed by atoms with Gasteiger partial charge in [0.25, 0.3) is 11.6 Å². The minimum absolute atomic E-state index is 0.0883. The van der Waals surface area contributed by atoms with Gasteiger partial charge in [-0.2, -0.15) is 0 Å². The van der Waals surface area contributed by atoms with Crippen molar-refractivity contribution in [2.45, 2.75) is 6.92 Å². The Kier molecular flexibility index (Phi) is 6.39. The molecule has 0 atom stereocenters. The molecular formula is C22H19N3O5. The highest BCUT2D eigenvalue weighted by atomic mass is 16.6. The molecule has 2 N–H and O–H groups in total. The number of carbonyl (C=O) groups excluding carboxylic acids is 2. The van der Waals surface area contributed by atoms with Crippen LogP contribution in [-0.2, 0) is 4.79 Å². The first-order chi connectivity index (χ1) is 14.4. The van der Waals surface area contributed by atoms with Gasteiger partial charge in [-0.25, -0.2) is 0 Å². The van der Waals surface area contributed by atoms with Gasteiger partial charge >= 0.3 is 0 Å². The molecule has 0 saturated heterocycles. The number of ether oxygens (including phenoxy) is 1. The van der Waals surface area contributed by atoms with Gasteiger partial charge in [-0.1, -0.05) is 24.3 Å². The van der Waals surface area contributed by atoms with Gasteiger partial charge in [0.1, 0.15) is 11.5 Å². The molecule has 152 valence electrons. The Bertz CT molecular complexity index is 1070. The minimum atomic E-state index is -0.516. The summed E-state index contributed by atoms with van der Waals surface area (Å²) in [7, 11) is 0. The summed E-state index contributed by atoms with van der Waals surface area (Å²) in [6.45, 7) is 1.27. The van der Waals surface area contributed by atoms with Crippen LogP contribution in [0.15, 0.2) is 72.8 Å². The number of nitrogens with one attached hydrogen (secondary N) is 2. The van der Waals surface area contributed by atoms with E-state index >= 15 is 0 Å². The maximum absolute atomic E-state index is 12.3. The molecule has 0 saturated carbocycles. The van der Waals surface area contributed by atoms with Crippen LogP contribution in [0.1, 0.15) is 15.9 Å². The second kappa shape index (κ2) is 9.33. The van der Waals surface area contributed by atoms with E-state index in [1.165, 1.54) is 12.1 Å². The van der Waals surface area contributed by atoms with Crippen LogP contribution in [0.2, 0.25) is 0 Å². The van der Waals surface area contributed by atoms with E-state index in [0.29, 0.717) is 28.3 Å². The van der Waals surface area contributed by atoms with E-state index in [9.17, 15) is 19.7 Å². The Morgan fingerprint density at radius 2 is 1.60 bits per heavy atom. The van der Waals surface area contributed by atoms with Gasteiger partial charge in [-0.05, 0) is 49.4 Å². The Labute approximate surface area is 172 Å². The predicted molar refractivity (Wildman–Crippen MR) is 112 cm³/mol. The number of anilines is 1. The number of carbonyl (C=O) groups is 2. The van der Waals surface area contributed by atoms with Crippen molar-refractivity contribution in [3.05, 3.63) is 94.0 Å². The van der Waals surface area contributed by atoms with Gasteiger partial charge in [0.05, 0.1) is 22.7 Å². The summed E-state index contributed by atoms with van der Waals surface area (Å²) in [6, 6.07) is 20.2. The van der Waals surface area contributed by atoms with E-state index < -0.39 is 16.7 Å². The summed E-state index contributed by atoms with van der Waals surface area (Å²) in [5.74, 6) is 0.350. The van der Waals surface area contributed by atoms with Crippen LogP contribution in [0.25, 0.3) is 0 Å². The highest BCUT2D eigenvalue weighted by Gasteiger charge is 2.15. The molecule has 0 heterocycles. The fraction of sp³-hybridized carbons (Fsp3) is 0.0909. The first-order valence-corrected chi connectivity index (χ1v) is 9.09. The Balaban J connectivity index is 1.54. The lowest BCUT2D eigenvalue weighted by Gasteiger charge is -2.10. The lowest BCUT2D eigenvalue weighted by atomic mass is 10.1. The van der Waals surface area contributed by atoms with Gasteiger partial charge in [-0.15, -0.1) is 0 Å². The second-order valence-electron chi connectivity index (χ2n) is 6.38. The molecule has 0 bridgehead atoms. The summed E-state index contributed by atoms with van der Waals surface area (Å²) in [6.07, 6.45) is 0. The number of para-hydroxylation sites is 1. The molecule has 0 spiro atoms. The van der Waals surface area contributed by atoms with Crippen molar-refractivity contribution in [1.82, 2.24) is 5.32 Å². The van der Waals surface area contributed by atoms with Crippen LogP contribution in [0.3, 0.4) is 0 Å². The summed E-state index contributed by atoms with van der Waals surface area (Å²) in [5, 5.41) is 16.1. The average molecular weight is 405 g/mol. The molecule has 30 heavy (non-hydrogen) atoms. The van der Waals surface area contributed by atoms with Crippen LogP contribution in [0.5, 0.6) is 11.5 Å². The number of hydrogen-bond donors (Lipinski definition) is 2. The van der Waals surface area contributed by atoms with E-state index in [1.54, 1.807) is 37.3 Å². The van der Waals surface area contributed by atoms with Crippen molar-refractivity contribution < 1.29 is 19.2 Å². The van der Waals surface area contributed by atoms with Crippen LogP contribution < -0.4 is 15.4 Å². The van der Waals surface area contributed by atoms with Crippen molar-refractivity contribution in [2.24, 2.45) is 0 Å². The lowest BCUT2D eigenvalue weighted by molar-refractivity contribution is -0.385. The first kappa shape index (κ1) is 20.5. The summed E-state index contributed by atoms with van der Waals surface area (Å²) in [5.41, 5.74) is 0.950.